The molecule has 1 aliphatic carbocycles. The van der Waals surface area contributed by atoms with E-state index in [1.165, 1.54) is 29.0 Å². The van der Waals surface area contributed by atoms with Crippen molar-refractivity contribution < 1.29 is 4.74 Å². The topological polar surface area (TPSA) is 50.6 Å². The molecule has 3 heterocycles. The van der Waals surface area contributed by atoms with Gasteiger partial charge in [0.2, 0.25) is 5.95 Å². The fourth-order valence-corrected chi connectivity index (χ4v) is 6.10. The maximum absolute atomic E-state index is 13.6. The van der Waals surface area contributed by atoms with Crippen LogP contribution >= 0.6 is 11.3 Å². The third kappa shape index (κ3) is 3.59. The van der Waals surface area contributed by atoms with Crippen LogP contribution < -0.4 is 20.1 Å². The van der Waals surface area contributed by atoms with Crippen LogP contribution in [0.4, 0.5) is 11.6 Å². The number of aromatic nitrogens is 2. The number of methoxy groups -OCH3 is 1. The van der Waals surface area contributed by atoms with Crippen molar-refractivity contribution in [2.75, 3.05) is 43.1 Å². The molecule has 3 aromatic rings. The number of hydrogen-bond acceptors (Lipinski definition) is 6. The first-order valence-electron chi connectivity index (χ1n) is 11.3. The molecule has 2 aromatic heterocycles. The van der Waals surface area contributed by atoms with Crippen molar-refractivity contribution in [2.45, 2.75) is 45.6 Å². The number of aryl methyl sites for hydroxylation is 2. The third-order valence-corrected chi connectivity index (χ3v) is 7.70. The van der Waals surface area contributed by atoms with Gasteiger partial charge in [-0.15, -0.1) is 11.3 Å². The fraction of sp³-hybridized carbons (Fsp3) is 0.500. The number of fused-ring (bicyclic) bond motifs is 3. The first-order valence-corrected chi connectivity index (χ1v) is 12.1. The van der Waals surface area contributed by atoms with Gasteiger partial charge in [0.25, 0.3) is 5.56 Å². The molecule has 164 valence electrons. The predicted molar refractivity (Wildman–Crippen MR) is 128 cm³/mol. The summed E-state index contributed by atoms with van der Waals surface area (Å²) in [5.74, 6) is 1.71. The van der Waals surface area contributed by atoms with Crippen LogP contribution in [0.3, 0.4) is 0 Å². The van der Waals surface area contributed by atoms with Gasteiger partial charge in [-0.3, -0.25) is 9.36 Å². The maximum Gasteiger partial charge on any atom is 0.264 e. The summed E-state index contributed by atoms with van der Waals surface area (Å²) >= 11 is 1.74. The van der Waals surface area contributed by atoms with Crippen LogP contribution in [0, 0.1) is 0 Å². The fourth-order valence-electron chi connectivity index (χ4n) is 4.85. The molecule has 2 aliphatic rings. The van der Waals surface area contributed by atoms with Crippen molar-refractivity contribution in [3.63, 3.8) is 0 Å². The monoisotopic (exact) mass is 438 g/mol. The number of hydrogen-bond donors (Lipinski definition) is 0. The Kier molecular flexibility index (Phi) is 5.38. The van der Waals surface area contributed by atoms with Gasteiger partial charge in [0, 0.05) is 42.8 Å². The SMILES string of the molecule is COc1ccc(N2CCN(c3nc4sc5c(c4c(=O)n3C(C)C)CCCC5)CC2)cc1. The van der Waals surface area contributed by atoms with Crippen LogP contribution in [0.25, 0.3) is 10.2 Å². The molecular formula is C24H30N4O2S. The van der Waals surface area contributed by atoms with Gasteiger partial charge in [-0.1, -0.05) is 0 Å². The van der Waals surface area contributed by atoms with Crippen LogP contribution in [0.2, 0.25) is 0 Å². The van der Waals surface area contributed by atoms with Gasteiger partial charge in [0.15, 0.2) is 0 Å². The van der Waals surface area contributed by atoms with Gasteiger partial charge >= 0.3 is 0 Å². The van der Waals surface area contributed by atoms with E-state index in [1.54, 1.807) is 18.4 Å². The molecule has 1 fully saturated rings. The largest absolute Gasteiger partial charge is 0.497 e. The Balaban J connectivity index is 1.46. The second-order valence-corrected chi connectivity index (χ2v) is 9.83. The lowest BCUT2D eigenvalue weighted by molar-refractivity contribution is 0.415. The Morgan fingerprint density at radius 3 is 2.35 bits per heavy atom. The summed E-state index contributed by atoms with van der Waals surface area (Å²) in [6.45, 7) is 7.68. The van der Waals surface area contributed by atoms with Crippen molar-refractivity contribution in [1.29, 1.82) is 0 Å². The lowest BCUT2D eigenvalue weighted by Gasteiger charge is -2.37. The molecule has 0 atom stereocenters. The molecule has 7 heteroatoms. The zero-order chi connectivity index (χ0) is 21.5. The molecule has 0 N–H and O–H groups in total. The van der Waals surface area contributed by atoms with Gasteiger partial charge in [-0.2, -0.15) is 0 Å². The Morgan fingerprint density at radius 1 is 1.00 bits per heavy atom. The second kappa shape index (κ2) is 8.19. The van der Waals surface area contributed by atoms with E-state index in [0.29, 0.717) is 0 Å². The minimum Gasteiger partial charge on any atom is -0.497 e. The van der Waals surface area contributed by atoms with E-state index in [4.69, 9.17) is 9.72 Å². The quantitative estimate of drug-likeness (QED) is 0.609. The number of anilines is 2. The smallest absolute Gasteiger partial charge is 0.264 e. The molecule has 1 aliphatic heterocycles. The van der Waals surface area contributed by atoms with Crippen LogP contribution in [0.1, 0.15) is 43.2 Å². The van der Waals surface area contributed by atoms with Gasteiger partial charge < -0.3 is 14.5 Å². The zero-order valence-electron chi connectivity index (χ0n) is 18.6. The third-order valence-electron chi connectivity index (χ3n) is 6.52. The Morgan fingerprint density at radius 2 is 1.68 bits per heavy atom. The van der Waals surface area contributed by atoms with Crippen molar-refractivity contribution in [1.82, 2.24) is 9.55 Å². The van der Waals surface area contributed by atoms with E-state index in [2.05, 4.69) is 35.8 Å². The minimum absolute atomic E-state index is 0.0816. The molecule has 6 nitrogen and oxygen atoms in total. The molecule has 31 heavy (non-hydrogen) atoms. The average molecular weight is 439 g/mol. The van der Waals surface area contributed by atoms with E-state index in [0.717, 1.165) is 60.9 Å². The summed E-state index contributed by atoms with van der Waals surface area (Å²) in [5, 5.41) is 0.883. The molecule has 0 saturated carbocycles. The molecule has 0 radical (unpaired) electrons. The van der Waals surface area contributed by atoms with E-state index in [1.807, 2.05) is 16.7 Å². The molecular weight excluding hydrogens is 408 g/mol. The van der Waals surface area contributed by atoms with E-state index in [-0.39, 0.29) is 11.6 Å². The predicted octanol–water partition coefficient (Wildman–Crippen LogP) is 4.25. The Bertz CT molecular complexity index is 1140. The second-order valence-electron chi connectivity index (χ2n) is 8.74. The summed E-state index contributed by atoms with van der Waals surface area (Å²) < 4.78 is 7.20. The van der Waals surface area contributed by atoms with Gasteiger partial charge in [-0.25, -0.2) is 4.98 Å². The number of nitrogens with zero attached hydrogens (tertiary/aromatic N) is 4. The van der Waals surface area contributed by atoms with Gasteiger partial charge in [0.1, 0.15) is 10.6 Å². The molecule has 1 aromatic carbocycles. The van der Waals surface area contributed by atoms with Crippen molar-refractivity contribution >= 4 is 33.2 Å². The molecule has 0 bridgehead atoms. The maximum atomic E-state index is 13.6. The number of rotatable bonds is 4. The van der Waals surface area contributed by atoms with Gasteiger partial charge in [0.05, 0.1) is 12.5 Å². The van der Waals surface area contributed by atoms with E-state index < -0.39 is 0 Å². The van der Waals surface area contributed by atoms with Crippen LogP contribution in [0.15, 0.2) is 29.1 Å². The number of piperazine rings is 1. The molecule has 0 unspecified atom stereocenters. The van der Waals surface area contributed by atoms with E-state index >= 15 is 0 Å². The minimum atomic E-state index is 0.0816. The van der Waals surface area contributed by atoms with Crippen LogP contribution in [-0.4, -0.2) is 42.8 Å². The summed E-state index contributed by atoms with van der Waals surface area (Å²) in [6, 6.07) is 8.31. The summed E-state index contributed by atoms with van der Waals surface area (Å²) in [7, 11) is 1.69. The lowest BCUT2D eigenvalue weighted by atomic mass is 9.97. The van der Waals surface area contributed by atoms with Crippen molar-refractivity contribution in [3.05, 3.63) is 45.1 Å². The molecule has 0 spiro atoms. The first-order chi connectivity index (χ1) is 15.1. The number of thiophene rings is 1. The van der Waals surface area contributed by atoms with Crippen LogP contribution in [0.5, 0.6) is 5.75 Å². The summed E-state index contributed by atoms with van der Waals surface area (Å²) in [6.07, 6.45) is 4.50. The van der Waals surface area contributed by atoms with Crippen molar-refractivity contribution in [3.8, 4) is 5.75 Å². The number of ether oxygens (including phenoxy) is 1. The lowest BCUT2D eigenvalue weighted by Crippen LogP contribution is -2.48. The molecule has 5 rings (SSSR count). The molecule has 0 amide bonds. The van der Waals surface area contributed by atoms with E-state index in [9.17, 15) is 4.79 Å². The summed E-state index contributed by atoms with van der Waals surface area (Å²) in [4.78, 5) is 25.7. The highest BCUT2D eigenvalue weighted by molar-refractivity contribution is 7.18. The Hall–Kier alpha value is -2.54. The highest BCUT2D eigenvalue weighted by atomic mass is 32.1. The number of benzene rings is 1. The van der Waals surface area contributed by atoms with Gasteiger partial charge in [-0.05, 0) is 69.4 Å². The average Bonchev–Trinajstić information content (AvgIpc) is 3.17. The highest BCUT2D eigenvalue weighted by Crippen LogP contribution is 2.35. The van der Waals surface area contributed by atoms with Crippen LogP contribution in [-0.2, 0) is 12.8 Å². The first kappa shape index (κ1) is 20.4. The Labute approximate surface area is 187 Å². The zero-order valence-corrected chi connectivity index (χ0v) is 19.4. The summed E-state index contributed by atoms with van der Waals surface area (Å²) in [5.41, 5.74) is 2.62. The highest BCUT2D eigenvalue weighted by Gasteiger charge is 2.27. The van der Waals surface area contributed by atoms with Crippen molar-refractivity contribution in [2.24, 2.45) is 0 Å². The normalized spacial score (nSPS) is 16.8. The standard InChI is InChI=1S/C24H30N4O2S/c1-16(2)28-23(29)21-19-6-4-5-7-20(19)31-22(21)25-24(28)27-14-12-26(13-15-27)17-8-10-18(30-3)11-9-17/h8-11,16H,4-7,12-15H2,1-3H3. The molecule has 1 saturated heterocycles.